The maximum Gasteiger partial charge on any atom is 0.173 e. The number of nitrogens with one attached hydrogen (secondary N) is 1. The molecule has 6 heteroatoms. The lowest BCUT2D eigenvalue weighted by Crippen LogP contribution is -2.30. The first-order valence-corrected chi connectivity index (χ1v) is 7.90. The van der Waals surface area contributed by atoms with Gasteiger partial charge in [-0.25, -0.2) is 9.07 Å². The monoisotopic (exact) mass is 340 g/mol. The van der Waals surface area contributed by atoms with Crippen LogP contribution in [0.4, 0.5) is 10.1 Å². The van der Waals surface area contributed by atoms with Crippen LogP contribution in [0.5, 0.6) is 0 Å². The zero-order valence-corrected chi connectivity index (χ0v) is 14.0. The number of hydrogen-bond donors (Lipinski definition) is 1. The van der Waals surface area contributed by atoms with E-state index in [-0.39, 0.29) is 5.82 Å². The van der Waals surface area contributed by atoms with Crippen LogP contribution in [-0.2, 0) is 6.54 Å². The first-order valence-electron chi connectivity index (χ1n) is 7.49. The molecule has 0 saturated carbocycles. The summed E-state index contributed by atoms with van der Waals surface area (Å²) in [6, 6.07) is 16.3. The van der Waals surface area contributed by atoms with Crippen molar-refractivity contribution in [2.75, 3.05) is 12.4 Å². The summed E-state index contributed by atoms with van der Waals surface area (Å²) >= 11 is 5.34. The highest BCUT2D eigenvalue weighted by Gasteiger charge is 2.09. The second kappa shape index (κ2) is 7.23. The molecular weight excluding hydrogens is 323 g/mol. The van der Waals surface area contributed by atoms with E-state index in [0.29, 0.717) is 17.3 Å². The van der Waals surface area contributed by atoms with E-state index in [9.17, 15) is 4.39 Å². The van der Waals surface area contributed by atoms with E-state index < -0.39 is 0 Å². The highest BCUT2D eigenvalue weighted by atomic mass is 32.1. The number of aromatic nitrogens is 2. The van der Waals surface area contributed by atoms with Crippen LogP contribution in [0.15, 0.2) is 67.0 Å². The zero-order chi connectivity index (χ0) is 16.9. The van der Waals surface area contributed by atoms with Gasteiger partial charge in [-0.3, -0.25) is 0 Å². The minimum Gasteiger partial charge on any atom is -0.348 e. The molecule has 4 nitrogen and oxygen atoms in total. The molecule has 122 valence electrons. The number of thiocarbonyl (C=S) groups is 1. The number of anilines is 1. The third-order valence-electron chi connectivity index (χ3n) is 3.54. The Balaban J connectivity index is 1.65. The quantitative estimate of drug-likeness (QED) is 0.732. The van der Waals surface area contributed by atoms with Crippen molar-refractivity contribution in [2.45, 2.75) is 6.54 Å². The van der Waals surface area contributed by atoms with E-state index in [1.165, 1.54) is 6.07 Å². The van der Waals surface area contributed by atoms with Gasteiger partial charge in [0.25, 0.3) is 0 Å². The number of hydrogen-bond acceptors (Lipinski definition) is 2. The van der Waals surface area contributed by atoms with Crippen LogP contribution in [0.25, 0.3) is 5.69 Å². The van der Waals surface area contributed by atoms with Gasteiger partial charge in [0.15, 0.2) is 5.11 Å². The fourth-order valence-electron chi connectivity index (χ4n) is 2.28. The van der Waals surface area contributed by atoms with Crippen LogP contribution in [0.3, 0.4) is 0 Å². The minimum absolute atomic E-state index is 0.329. The summed E-state index contributed by atoms with van der Waals surface area (Å²) in [5.74, 6) is -0.329. The molecule has 0 saturated heterocycles. The van der Waals surface area contributed by atoms with E-state index in [4.69, 9.17) is 12.2 Å². The summed E-state index contributed by atoms with van der Waals surface area (Å²) < 4.78 is 15.5. The van der Waals surface area contributed by atoms with Gasteiger partial charge < -0.3 is 10.2 Å². The molecule has 0 atom stereocenters. The Morgan fingerprint density at radius 1 is 1.17 bits per heavy atom. The average molecular weight is 340 g/mol. The number of rotatable bonds is 4. The molecule has 24 heavy (non-hydrogen) atoms. The molecule has 0 bridgehead atoms. The van der Waals surface area contributed by atoms with Gasteiger partial charge >= 0.3 is 0 Å². The van der Waals surface area contributed by atoms with Crippen LogP contribution in [0.1, 0.15) is 5.56 Å². The van der Waals surface area contributed by atoms with E-state index in [2.05, 4.69) is 10.4 Å². The predicted molar refractivity (Wildman–Crippen MR) is 97.7 cm³/mol. The normalized spacial score (nSPS) is 10.4. The van der Waals surface area contributed by atoms with Crippen molar-refractivity contribution in [2.24, 2.45) is 0 Å². The van der Waals surface area contributed by atoms with Crippen molar-refractivity contribution >= 4 is 23.0 Å². The molecular formula is C18H17FN4S. The second-order valence-corrected chi connectivity index (χ2v) is 5.78. The molecule has 0 spiro atoms. The highest BCUT2D eigenvalue weighted by molar-refractivity contribution is 7.80. The average Bonchev–Trinajstić information content (AvgIpc) is 3.06. The second-order valence-electron chi connectivity index (χ2n) is 5.39. The number of nitrogens with zero attached hydrogens (tertiary/aromatic N) is 3. The number of para-hydroxylation sites is 2. The van der Waals surface area contributed by atoms with Crippen molar-refractivity contribution in [1.82, 2.24) is 14.7 Å². The summed E-state index contributed by atoms with van der Waals surface area (Å²) in [4.78, 5) is 1.84. The Hall–Kier alpha value is -2.73. The summed E-state index contributed by atoms with van der Waals surface area (Å²) in [6.45, 7) is 0.577. The Bertz CT molecular complexity index is 832. The Kier molecular flexibility index (Phi) is 4.86. The number of halogens is 1. The van der Waals surface area contributed by atoms with E-state index in [0.717, 1.165) is 11.3 Å². The smallest absolute Gasteiger partial charge is 0.173 e. The molecule has 1 aromatic heterocycles. The predicted octanol–water partition coefficient (Wildman–Crippen LogP) is 3.84. The topological polar surface area (TPSA) is 33.1 Å². The van der Waals surface area contributed by atoms with E-state index in [1.54, 1.807) is 24.4 Å². The van der Waals surface area contributed by atoms with Gasteiger partial charge in [0.1, 0.15) is 5.82 Å². The Morgan fingerprint density at radius 3 is 2.62 bits per heavy atom. The first kappa shape index (κ1) is 16.1. The minimum atomic E-state index is -0.329. The van der Waals surface area contributed by atoms with Crippen molar-refractivity contribution in [3.63, 3.8) is 0 Å². The van der Waals surface area contributed by atoms with Gasteiger partial charge in [0.05, 0.1) is 17.6 Å². The third-order valence-corrected chi connectivity index (χ3v) is 3.95. The molecule has 3 aromatic rings. The third kappa shape index (κ3) is 3.78. The molecule has 3 rings (SSSR count). The van der Waals surface area contributed by atoms with Crippen molar-refractivity contribution < 1.29 is 4.39 Å². The largest absolute Gasteiger partial charge is 0.348 e. The molecule has 1 heterocycles. The van der Waals surface area contributed by atoms with Gasteiger partial charge in [0.2, 0.25) is 0 Å². The molecule has 0 aliphatic heterocycles. The molecule has 0 fully saturated rings. The Morgan fingerprint density at radius 2 is 1.88 bits per heavy atom. The molecule has 0 amide bonds. The molecule has 0 aliphatic carbocycles. The van der Waals surface area contributed by atoms with Crippen molar-refractivity contribution in [1.29, 1.82) is 0 Å². The van der Waals surface area contributed by atoms with Gasteiger partial charge in [-0.05, 0) is 36.5 Å². The van der Waals surface area contributed by atoms with Crippen LogP contribution in [0, 0.1) is 5.82 Å². The summed E-state index contributed by atoms with van der Waals surface area (Å²) in [5.41, 5.74) is 2.38. The lowest BCUT2D eigenvalue weighted by molar-refractivity contribution is 0.508. The van der Waals surface area contributed by atoms with Gasteiger partial charge in [-0.2, -0.15) is 5.10 Å². The molecule has 1 N–H and O–H groups in total. The molecule has 0 aliphatic rings. The fraction of sp³-hybridized carbons (Fsp3) is 0.111. The standard InChI is InChI=1S/C18H17FN4S/c1-22(18(24)21-17-10-6-5-9-16(17)19)12-14-11-20-23(13-14)15-7-3-2-4-8-15/h2-11,13H,12H2,1H3,(H,21,24). The SMILES string of the molecule is CN(Cc1cnn(-c2ccccc2)c1)C(=S)Nc1ccccc1F. The first-order chi connectivity index (χ1) is 11.6. The number of benzene rings is 2. The maximum absolute atomic E-state index is 13.7. The molecule has 0 radical (unpaired) electrons. The van der Waals surface area contributed by atoms with Crippen molar-refractivity contribution in [3.8, 4) is 5.69 Å². The van der Waals surface area contributed by atoms with Crippen molar-refractivity contribution in [3.05, 3.63) is 78.4 Å². The van der Waals surface area contributed by atoms with E-state index >= 15 is 0 Å². The lowest BCUT2D eigenvalue weighted by Gasteiger charge is -2.20. The van der Waals surface area contributed by atoms with Gasteiger partial charge in [0, 0.05) is 25.4 Å². The maximum atomic E-state index is 13.7. The fourth-order valence-corrected chi connectivity index (χ4v) is 2.46. The van der Waals surface area contributed by atoms with E-state index in [1.807, 2.05) is 53.2 Å². The van der Waals surface area contributed by atoms with Crippen LogP contribution >= 0.6 is 12.2 Å². The lowest BCUT2D eigenvalue weighted by atomic mass is 10.3. The van der Waals surface area contributed by atoms with Gasteiger partial charge in [-0.1, -0.05) is 30.3 Å². The molecule has 0 unspecified atom stereocenters. The Labute approximate surface area is 145 Å². The van der Waals surface area contributed by atoms with Gasteiger partial charge in [-0.15, -0.1) is 0 Å². The zero-order valence-electron chi connectivity index (χ0n) is 13.2. The summed E-state index contributed by atoms with van der Waals surface area (Å²) in [5, 5.41) is 7.74. The summed E-state index contributed by atoms with van der Waals surface area (Å²) in [6.07, 6.45) is 3.76. The summed E-state index contributed by atoms with van der Waals surface area (Å²) in [7, 11) is 1.86. The van der Waals surface area contributed by atoms with Crippen LogP contribution in [0.2, 0.25) is 0 Å². The van der Waals surface area contributed by atoms with Crippen LogP contribution < -0.4 is 5.32 Å². The molecule has 2 aromatic carbocycles. The highest BCUT2D eigenvalue weighted by Crippen LogP contribution is 2.14. The van der Waals surface area contributed by atoms with Crippen LogP contribution in [-0.4, -0.2) is 26.8 Å².